The molecule has 0 saturated carbocycles. The van der Waals surface area contributed by atoms with Crippen molar-refractivity contribution >= 4 is 52.9 Å². The minimum Gasteiger partial charge on any atom is -0.496 e. The number of hydrogen-bond donors (Lipinski definition) is 2. The van der Waals surface area contributed by atoms with Gasteiger partial charge in [-0.25, -0.2) is 10.2 Å². The smallest absolute Gasteiger partial charge is 0.347 e. The number of nitrogens with one attached hydrogen (secondary N) is 2. The standard InChI is InChI=1S/C24H19Cl2N3O6/c1-33-19-6-4-3-5-16(19)24(32)35-20-10-7-14(11-21(20)34-2)13-27-29-23(31)22(30)28-18-12-15(25)8-9-17(18)26/h3-13H,1-2H3,(H,28,30)(H,29,31). The summed E-state index contributed by atoms with van der Waals surface area (Å²) in [5.41, 5.74) is 3.04. The van der Waals surface area contributed by atoms with Gasteiger partial charge in [0.05, 0.1) is 31.1 Å². The zero-order chi connectivity index (χ0) is 25.4. The number of hydrazone groups is 1. The first-order chi connectivity index (χ1) is 16.8. The van der Waals surface area contributed by atoms with E-state index in [1.165, 1.54) is 44.7 Å². The van der Waals surface area contributed by atoms with Gasteiger partial charge in [0.15, 0.2) is 11.5 Å². The Kier molecular flexibility index (Phi) is 8.66. The van der Waals surface area contributed by atoms with Gasteiger partial charge in [-0.15, -0.1) is 0 Å². The first-order valence-electron chi connectivity index (χ1n) is 9.95. The van der Waals surface area contributed by atoms with Crippen LogP contribution in [0.2, 0.25) is 10.0 Å². The van der Waals surface area contributed by atoms with E-state index in [4.69, 9.17) is 37.4 Å². The molecule has 0 heterocycles. The molecule has 0 aliphatic rings. The van der Waals surface area contributed by atoms with Crippen LogP contribution in [0.1, 0.15) is 15.9 Å². The van der Waals surface area contributed by atoms with Gasteiger partial charge >= 0.3 is 17.8 Å². The van der Waals surface area contributed by atoms with Gasteiger partial charge in [0.2, 0.25) is 0 Å². The van der Waals surface area contributed by atoms with E-state index >= 15 is 0 Å². The Morgan fingerprint density at radius 2 is 1.60 bits per heavy atom. The second-order valence-corrected chi connectivity index (χ2v) is 7.62. The fraction of sp³-hybridized carbons (Fsp3) is 0.0833. The van der Waals surface area contributed by atoms with Crippen LogP contribution in [-0.4, -0.2) is 38.2 Å². The molecule has 3 aromatic carbocycles. The fourth-order valence-electron chi connectivity index (χ4n) is 2.81. The summed E-state index contributed by atoms with van der Waals surface area (Å²) in [6, 6.07) is 15.7. The molecular formula is C24H19Cl2N3O6. The summed E-state index contributed by atoms with van der Waals surface area (Å²) in [6.07, 6.45) is 1.28. The number of methoxy groups -OCH3 is 2. The van der Waals surface area contributed by atoms with Gasteiger partial charge in [-0.1, -0.05) is 35.3 Å². The number of ether oxygens (including phenoxy) is 3. The summed E-state index contributed by atoms with van der Waals surface area (Å²) < 4.78 is 15.9. The number of halogens is 2. The van der Waals surface area contributed by atoms with E-state index in [9.17, 15) is 14.4 Å². The van der Waals surface area contributed by atoms with E-state index in [0.717, 1.165) is 0 Å². The first kappa shape index (κ1) is 25.5. The van der Waals surface area contributed by atoms with Gasteiger partial charge in [0, 0.05) is 5.02 Å². The van der Waals surface area contributed by atoms with Crippen LogP contribution in [0.4, 0.5) is 5.69 Å². The largest absolute Gasteiger partial charge is 0.496 e. The number of esters is 1. The van der Waals surface area contributed by atoms with Crippen molar-refractivity contribution < 1.29 is 28.6 Å². The van der Waals surface area contributed by atoms with Crippen molar-refractivity contribution in [3.63, 3.8) is 0 Å². The third-order valence-corrected chi connectivity index (χ3v) is 5.04. The zero-order valence-electron chi connectivity index (χ0n) is 18.5. The Balaban J connectivity index is 1.64. The monoisotopic (exact) mass is 515 g/mol. The van der Waals surface area contributed by atoms with Crippen molar-refractivity contribution in [3.05, 3.63) is 81.8 Å². The number of hydrogen-bond acceptors (Lipinski definition) is 7. The third kappa shape index (κ3) is 6.72. The molecule has 180 valence electrons. The highest BCUT2D eigenvalue weighted by Gasteiger charge is 2.17. The predicted octanol–water partition coefficient (Wildman–Crippen LogP) is 4.32. The summed E-state index contributed by atoms with van der Waals surface area (Å²) in [5.74, 6) is -1.84. The highest BCUT2D eigenvalue weighted by molar-refractivity contribution is 6.42. The molecule has 11 heteroatoms. The van der Waals surface area contributed by atoms with Crippen molar-refractivity contribution in [2.75, 3.05) is 19.5 Å². The first-order valence-corrected chi connectivity index (χ1v) is 10.7. The van der Waals surface area contributed by atoms with Crippen LogP contribution < -0.4 is 25.0 Å². The van der Waals surface area contributed by atoms with Gasteiger partial charge in [-0.05, 0) is 54.1 Å². The van der Waals surface area contributed by atoms with E-state index in [1.54, 1.807) is 36.4 Å². The Labute approximate surface area is 210 Å². The van der Waals surface area contributed by atoms with Crippen LogP contribution in [0, 0.1) is 0 Å². The van der Waals surface area contributed by atoms with Crippen molar-refractivity contribution in [3.8, 4) is 17.2 Å². The van der Waals surface area contributed by atoms with Gasteiger partial charge in [-0.3, -0.25) is 9.59 Å². The number of carbonyl (C=O) groups is 3. The maximum atomic E-state index is 12.5. The lowest BCUT2D eigenvalue weighted by atomic mass is 10.2. The molecule has 0 saturated heterocycles. The SMILES string of the molecule is COc1cc(C=NNC(=O)C(=O)Nc2cc(Cl)ccc2Cl)ccc1OC(=O)c1ccccc1OC. The van der Waals surface area contributed by atoms with E-state index in [0.29, 0.717) is 16.3 Å². The molecular weight excluding hydrogens is 497 g/mol. The molecule has 3 rings (SSSR count). The Bertz CT molecular complexity index is 1300. The Morgan fingerprint density at radius 3 is 2.34 bits per heavy atom. The van der Waals surface area contributed by atoms with Gasteiger partial charge in [0.25, 0.3) is 0 Å². The molecule has 0 radical (unpaired) electrons. The van der Waals surface area contributed by atoms with E-state index in [-0.39, 0.29) is 27.8 Å². The molecule has 0 aromatic heterocycles. The number of rotatable bonds is 7. The maximum Gasteiger partial charge on any atom is 0.347 e. The number of benzene rings is 3. The third-order valence-electron chi connectivity index (χ3n) is 4.48. The van der Waals surface area contributed by atoms with E-state index < -0.39 is 17.8 Å². The molecule has 2 N–H and O–H groups in total. The normalized spacial score (nSPS) is 10.5. The average molecular weight is 516 g/mol. The lowest BCUT2D eigenvalue weighted by Crippen LogP contribution is -2.32. The van der Waals surface area contributed by atoms with Gasteiger partial charge in [0.1, 0.15) is 11.3 Å². The maximum absolute atomic E-state index is 12.5. The highest BCUT2D eigenvalue weighted by atomic mass is 35.5. The minimum absolute atomic E-state index is 0.169. The van der Waals surface area contributed by atoms with Crippen LogP contribution in [0.25, 0.3) is 0 Å². The molecule has 0 fully saturated rings. The van der Waals surface area contributed by atoms with Crippen LogP contribution in [0.3, 0.4) is 0 Å². The van der Waals surface area contributed by atoms with Crippen LogP contribution in [0.5, 0.6) is 17.2 Å². The fourth-order valence-corrected chi connectivity index (χ4v) is 3.14. The number of amides is 2. The molecule has 0 aliphatic heterocycles. The second-order valence-electron chi connectivity index (χ2n) is 6.78. The van der Waals surface area contributed by atoms with Gasteiger partial charge < -0.3 is 19.5 Å². The lowest BCUT2D eigenvalue weighted by molar-refractivity contribution is -0.136. The molecule has 2 amide bonds. The molecule has 35 heavy (non-hydrogen) atoms. The second kappa shape index (κ2) is 11.9. The van der Waals surface area contributed by atoms with Crippen molar-refractivity contribution in [2.24, 2.45) is 5.10 Å². The summed E-state index contributed by atoms with van der Waals surface area (Å²) >= 11 is 11.8. The molecule has 0 spiro atoms. The molecule has 0 unspecified atom stereocenters. The lowest BCUT2D eigenvalue weighted by Gasteiger charge is -2.11. The Morgan fingerprint density at radius 1 is 0.857 bits per heavy atom. The summed E-state index contributed by atoms with van der Waals surface area (Å²) in [7, 11) is 2.86. The molecule has 3 aromatic rings. The van der Waals surface area contributed by atoms with E-state index in [2.05, 4.69) is 15.8 Å². The molecule has 0 atom stereocenters. The van der Waals surface area contributed by atoms with Crippen LogP contribution in [0.15, 0.2) is 65.8 Å². The topological polar surface area (TPSA) is 115 Å². The van der Waals surface area contributed by atoms with Crippen LogP contribution in [-0.2, 0) is 9.59 Å². The Hall–Kier alpha value is -4.08. The quantitative estimate of drug-likeness (QED) is 0.159. The number of para-hydroxylation sites is 1. The minimum atomic E-state index is -1.02. The number of nitrogens with zero attached hydrogens (tertiary/aromatic N) is 1. The molecule has 9 nitrogen and oxygen atoms in total. The van der Waals surface area contributed by atoms with Crippen LogP contribution >= 0.6 is 23.2 Å². The zero-order valence-corrected chi connectivity index (χ0v) is 20.0. The predicted molar refractivity (Wildman–Crippen MR) is 132 cm³/mol. The molecule has 0 aliphatic carbocycles. The average Bonchev–Trinajstić information content (AvgIpc) is 2.86. The van der Waals surface area contributed by atoms with Crippen molar-refractivity contribution in [1.82, 2.24) is 5.43 Å². The summed E-state index contributed by atoms with van der Waals surface area (Å²) in [4.78, 5) is 36.6. The number of carbonyl (C=O) groups excluding carboxylic acids is 3. The van der Waals surface area contributed by atoms with Crippen molar-refractivity contribution in [1.29, 1.82) is 0 Å². The number of anilines is 1. The molecule has 0 bridgehead atoms. The highest BCUT2D eigenvalue weighted by Crippen LogP contribution is 2.29. The van der Waals surface area contributed by atoms with E-state index in [1.807, 2.05) is 0 Å². The summed E-state index contributed by atoms with van der Waals surface area (Å²) in [5, 5.41) is 6.66. The van der Waals surface area contributed by atoms with Gasteiger partial charge in [-0.2, -0.15) is 5.10 Å². The van der Waals surface area contributed by atoms with Crippen molar-refractivity contribution in [2.45, 2.75) is 0 Å². The summed E-state index contributed by atoms with van der Waals surface area (Å²) in [6.45, 7) is 0.